The van der Waals surface area contributed by atoms with Crippen LogP contribution in [0, 0.1) is 10.8 Å². The van der Waals surface area contributed by atoms with E-state index in [4.69, 9.17) is 16.3 Å². The van der Waals surface area contributed by atoms with Crippen molar-refractivity contribution in [1.29, 1.82) is 0 Å². The van der Waals surface area contributed by atoms with Gasteiger partial charge in [-0.05, 0) is 63.5 Å². The average molecular weight is 366 g/mol. The molecule has 4 rings (SSSR count). The highest BCUT2D eigenvalue weighted by Crippen LogP contribution is 2.75. The second kappa shape index (κ2) is 5.90. The Labute approximate surface area is 152 Å². The Morgan fingerprint density at radius 2 is 1.88 bits per heavy atom. The molecule has 1 atom stereocenters. The topological polar surface area (TPSA) is 75.6 Å². The third kappa shape index (κ3) is 3.47. The van der Waals surface area contributed by atoms with Gasteiger partial charge in [0.05, 0.1) is 0 Å². The number of hydrogen-bond donors (Lipinski definition) is 2. The minimum atomic E-state index is -1.00. The Morgan fingerprint density at radius 1 is 1.28 bits per heavy atom. The molecule has 1 aromatic carbocycles. The minimum Gasteiger partial charge on any atom is -0.480 e. The first-order valence-corrected chi connectivity index (χ1v) is 8.88. The molecular weight excluding hydrogens is 342 g/mol. The van der Waals surface area contributed by atoms with Crippen LogP contribution in [-0.4, -0.2) is 28.8 Å². The van der Waals surface area contributed by atoms with Crippen molar-refractivity contribution in [2.45, 2.75) is 58.1 Å². The number of ether oxygens (including phenoxy) is 1. The van der Waals surface area contributed by atoms with Crippen LogP contribution in [0.15, 0.2) is 24.3 Å². The number of rotatable bonds is 5. The number of carbonyl (C=O) groups is 2. The standard InChI is InChI=1S/C19H24ClNO4/c1-17(2,3)25-16(24)21-14(15(22)23)19-9-18(10-19,11-19)8-12-6-4-5-7-13(12)20/h4-7,14H,8-11H2,1-3H3,(H,21,24)(H,22,23). The zero-order valence-corrected chi connectivity index (χ0v) is 15.5. The molecule has 0 radical (unpaired) electrons. The molecule has 25 heavy (non-hydrogen) atoms. The summed E-state index contributed by atoms with van der Waals surface area (Å²) >= 11 is 6.24. The summed E-state index contributed by atoms with van der Waals surface area (Å²) in [6, 6.07) is 6.86. The molecule has 6 heteroatoms. The van der Waals surface area contributed by atoms with Crippen molar-refractivity contribution in [2.24, 2.45) is 10.8 Å². The van der Waals surface area contributed by atoms with Gasteiger partial charge in [0, 0.05) is 10.4 Å². The maximum absolute atomic E-state index is 12.0. The van der Waals surface area contributed by atoms with E-state index in [1.165, 1.54) is 0 Å². The third-order valence-corrected chi connectivity index (χ3v) is 5.59. The van der Waals surface area contributed by atoms with Crippen molar-refractivity contribution < 1.29 is 19.4 Å². The molecule has 1 unspecified atom stereocenters. The van der Waals surface area contributed by atoms with Crippen molar-refractivity contribution in [3.63, 3.8) is 0 Å². The summed E-state index contributed by atoms with van der Waals surface area (Å²) in [5.74, 6) is -1.00. The second-order valence-electron chi connectivity index (χ2n) is 8.58. The quantitative estimate of drug-likeness (QED) is 0.826. The first-order valence-electron chi connectivity index (χ1n) is 8.50. The van der Waals surface area contributed by atoms with E-state index < -0.39 is 23.7 Å². The van der Waals surface area contributed by atoms with Crippen molar-refractivity contribution >= 4 is 23.7 Å². The molecule has 0 spiro atoms. The van der Waals surface area contributed by atoms with E-state index in [0.29, 0.717) is 0 Å². The highest BCUT2D eigenvalue weighted by Gasteiger charge is 2.71. The van der Waals surface area contributed by atoms with Gasteiger partial charge in [-0.15, -0.1) is 0 Å². The van der Waals surface area contributed by atoms with Gasteiger partial charge in [0.15, 0.2) is 0 Å². The van der Waals surface area contributed by atoms with Crippen LogP contribution in [0.1, 0.15) is 45.6 Å². The summed E-state index contributed by atoms with van der Waals surface area (Å²) in [6.07, 6.45) is 2.55. The Hall–Kier alpha value is -1.75. The zero-order valence-electron chi connectivity index (χ0n) is 14.8. The molecule has 0 heterocycles. The first kappa shape index (κ1) is 18.1. The van der Waals surface area contributed by atoms with Crippen LogP contribution in [0.3, 0.4) is 0 Å². The zero-order chi connectivity index (χ0) is 18.5. The highest BCUT2D eigenvalue weighted by atomic mass is 35.5. The predicted molar refractivity (Wildman–Crippen MR) is 94.7 cm³/mol. The van der Waals surface area contributed by atoms with Crippen molar-refractivity contribution in [1.82, 2.24) is 5.32 Å². The van der Waals surface area contributed by atoms with E-state index in [1.54, 1.807) is 20.8 Å². The number of carboxylic acids is 1. The van der Waals surface area contributed by atoms with E-state index in [1.807, 2.05) is 24.3 Å². The largest absolute Gasteiger partial charge is 0.480 e. The fourth-order valence-electron chi connectivity index (χ4n) is 4.53. The number of carbonyl (C=O) groups excluding carboxylic acids is 1. The lowest BCUT2D eigenvalue weighted by molar-refractivity contribution is -0.224. The molecule has 1 amide bonds. The highest BCUT2D eigenvalue weighted by molar-refractivity contribution is 6.31. The number of benzene rings is 1. The van der Waals surface area contributed by atoms with Crippen molar-refractivity contribution in [3.05, 3.63) is 34.9 Å². The van der Waals surface area contributed by atoms with E-state index in [2.05, 4.69) is 5.32 Å². The molecule has 3 saturated carbocycles. The summed E-state index contributed by atoms with van der Waals surface area (Å²) in [4.78, 5) is 23.7. The molecule has 0 aliphatic heterocycles. The Morgan fingerprint density at radius 3 is 2.40 bits per heavy atom. The van der Waals surface area contributed by atoms with Gasteiger partial charge in [-0.3, -0.25) is 0 Å². The molecule has 2 bridgehead atoms. The smallest absolute Gasteiger partial charge is 0.408 e. The first-order chi connectivity index (χ1) is 11.5. The summed E-state index contributed by atoms with van der Waals surface area (Å²) < 4.78 is 5.21. The Kier molecular flexibility index (Phi) is 4.26. The molecule has 0 aromatic heterocycles. The summed E-state index contributed by atoms with van der Waals surface area (Å²) in [5.41, 5.74) is 0.209. The normalized spacial score (nSPS) is 28.3. The lowest BCUT2D eigenvalue weighted by atomic mass is 9.32. The van der Waals surface area contributed by atoms with E-state index in [0.717, 1.165) is 36.3 Å². The number of amides is 1. The molecule has 0 saturated heterocycles. The molecule has 2 N–H and O–H groups in total. The summed E-state index contributed by atoms with van der Waals surface area (Å²) in [5, 5.41) is 12.9. The molecule has 136 valence electrons. The number of nitrogens with one attached hydrogen (secondary N) is 1. The number of alkyl carbamates (subject to hydrolysis) is 1. The lowest BCUT2D eigenvalue weighted by Gasteiger charge is -2.72. The molecule has 1 aromatic rings. The molecule has 3 fully saturated rings. The van der Waals surface area contributed by atoms with Gasteiger partial charge < -0.3 is 15.2 Å². The van der Waals surface area contributed by atoms with Crippen LogP contribution < -0.4 is 5.32 Å². The number of carboxylic acid groups (broad SMARTS) is 1. The van der Waals surface area contributed by atoms with Gasteiger partial charge in [0.1, 0.15) is 11.6 Å². The predicted octanol–water partition coefficient (Wildman–Crippen LogP) is 4.03. The number of halogens is 1. The molecule has 5 nitrogen and oxygen atoms in total. The van der Waals surface area contributed by atoms with Gasteiger partial charge in [-0.2, -0.15) is 0 Å². The van der Waals surface area contributed by atoms with Crippen LogP contribution in [0.25, 0.3) is 0 Å². The Balaban J connectivity index is 1.62. The SMILES string of the molecule is CC(C)(C)OC(=O)NC(C(=O)O)C12CC(Cc3ccccc3Cl)(C1)C2. The van der Waals surface area contributed by atoms with Gasteiger partial charge >= 0.3 is 12.1 Å². The van der Waals surface area contributed by atoms with Crippen LogP contribution in [0.4, 0.5) is 4.79 Å². The van der Waals surface area contributed by atoms with Crippen molar-refractivity contribution in [2.75, 3.05) is 0 Å². The molecular formula is C19H24ClNO4. The maximum atomic E-state index is 12.0. The number of aliphatic carboxylic acids is 1. The summed E-state index contributed by atoms with van der Waals surface area (Å²) in [7, 11) is 0. The minimum absolute atomic E-state index is 0.119. The maximum Gasteiger partial charge on any atom is 0.408 e. The van der Waals surface area contributed by atoms with Crippen molar-refractivity contribution in [3.8, 4) is 0 Å². The van der Waals surface area contributed by atoms with E-state index >= 15 is 0 Å². The van der Waals surface area contributed by atoms with Crippen LogP contribution in [-0.2, 0) is 16.0 Å². The average Bonchev–Trinajstić information content (AvgIpc) is 2.38. The third-order valence-electron chi connectivity index (χ3n) is 5.22. The summed E-state index contributed by atoms with van der Waals surface area (Å²) in [6.45, 7) is 5.26. The van der Waals surface area contributed by atoms with Crippen LogP contribution in [0.5, 0.6) is 0 Å². The van der Waals surface area contributed by atoms with Crippen LogP contribution in [0.2, 0.25) is 5.02 Å². The van der Waals surface area contributed by atoms with Gasteiger partial charge in [0.2, 0.25) is 0 Å². The Bertz CT molecular complexity index is 690. The van der Waals surface area contributed by atoms with E-state index in [-0.39, 0.29) is 10.8 Å². The fourth-order valence-corrected chi connectivity index (χ4v) is 4.73. The van der Waals surface area contributed by atoms with Gasteiger partial charge in [-0.1, -0.05) is 29.8 Å². The van der Waals surface area contributed by atoms with Gasteiger partial charge in [0.25, 0.3) is 0 Å². The molecule has 3 aliphatic rings. The van der Waals surface area contributed by atoms with Crippen LogP contribution >= 0.6 is 11.6 Å². The van der Waals surface area contributed by atoms with E-state index in [9.17, 15) is 14.7 Å². The second-order valence-corrected chi connectivity index (χ2v) is 8.99. The monoisotopic (exact) mass is 365 g/mol. The lowest BCUT2D eigenvalue weighted by Crippen LogP contribution is -2.72. The van der Waals surface area contributed by atoms with Gasteiger partial charge in [-0.25, -0.2) is 9.59 Å². The molecule has 3 aliphatic carbocycles. The number of hydrogen-bond acceptors (Lipinski definition) is 3. The fraction of sp³-hybridized carbons (Fsp3) is 0.579.